The van der Waals surface area contributed by atoms with E-state index in [2.05, 4.69) is 20.8 Å². The fraction of sp³-hybridized carbons (Fsp3) is 0.348. The van der Waals surface area contributed by atoms with Gasteiger partial charge in [0.05, 0.1) is 10.9 Å². The third-order valence-corrected chi connectivity index (χ3v) is 5.76. The Morgan fingerprint density at radius 2 is 1.94 bits per heavy atom. The molecule has 2 amide bonds. The summed E-state index contributed by atoms with van der Waals surface area (Å²) < 4.78 is 12.5. The lowest BCUT2D eigenvalue weighted by atomic mass is 10.1. The van der Waals surface area contributed by atoms with Crippen molar-refractivity contribution < 1.29 is 19.1 Å². The molecule has 0 bridgehead atoms. The van der Waals surface area contributed by atoms with Crippen LogP contribution in [0.2, 0.25) is 0 Å². The summed E-state index contributed by atoms with van der Waals surface area (Å²) in [5.74, 6) is -0.186. The molecule has 1 unspecified atom stereocenters. The Kier molecular flexibility index (Phi) is 5.52. The fourth-order valence-electron chi connectivity index (χ4n) is 3.91. The monoisotopic (exact) mass is 465 g/mol. The number of benzene rings is 1. The number of carbonyl (C=O) groups excluding carboxylic acids is 2. The highest BCUT2D eigenvalue weighted by atomic mass is 16.6. The normalized spacial score (nSPS) is 16.8. The van der Waals surface area contributed by atoms with Crippen LogP contribution < -0.4 is 31.6 Å². The van der Waals surface area contributed by atoms with Crippen molar-refractivity contribution in [1.82, 2.24) is 25.4 Å². The van der Waals surface area contributed by atoms with Gasteiger partial charge in [0.1, 0.15) is 6.61 Å². The van der Waals surface area contributed by atoms with Crippen LogP contribution in [0.25, 0.3) is 11.0 Å². The number of pyridine rings is 1. The van der Waals surface area contributed by atoms with Crippen molar-refractivity contribution >= 4 is 22.8 Å². The molecule has 3 heterocycles. The highest BCUT2D eigenvalue weighted by Gasteiger charge is 2.30. The number of ether oxygens (including phenoxy) is 2. The molecule has 11 heteroatoms. The molecule has 176 valence electrons. The number of rotatable bonds is 5. The van der Waals surface area contributed by atoms with Gasteiger partial charge in [-0.1, -0.05) is 19.1 Å². The molecule has 0 saturated heterocycles. The largest absolute Gasteiger partial charge is 0.485 e. The van der Waals surface area contributed by atoms with Gasteiger partial charge in [0, 0.05) is 18.2 Å². The molecule has 11 nitrogen and oxygen atoms in total. The average molecular weight is 465 g/mol. The SMILES string of the molecule is CCCn1c(=O)[nH]c(=O)c2c(C(=O)NNC(=O)C3COc4ccccc4O3)cc(C3CC3)nc21. The summed E-state index contributed by atoms with van der Waals surface area (Å²) in [5, 5.41) is -0.00428. The Hall–Kier alpha value is -4.15. The van der Waals surface area contributed by atoms with Crippen molar-refractivity contribution in [3.8, 4) is 11.5 Å². The number of aromatic amines is 1. The van der Waals surface area contributed by atoms with E-state index >= 15 is 0 Å². The summed E-state index contributed by atoms with van der Waals surface area (Å²) in [7, 11) is 0. The highest BCUT2D eigenvalue weighted by Crippen LogP contribution is 2.40. The molecule has 5 rings (SSSR count). The number of hydrogen-bond acceptors (Lipinski definition) is 7. The molecule has 2 aliphatic rings. The zero-order valence-corrected chi connectivity index (χ0v) is 18.4. The molecule has 3 aromatic rings. The number of H-pyrrole nitrogens is 1. The van der Waals surface area contributed by atoms with E-state index in [-0.39, 0.29) is 29.1 Å². The molecule has 1 aliphatic heterocycles. The average Bonchev–Trinajstić information content (AvgIpc) is 3.69. The molecule has 34 heavy (non-hydrogen) atoms. The number of nitrogens with zero attached hydrogens (tertiary/aromatic N) is 2. The first kappa shape index (κ1) is 21.7. The number of fused-ring (bicyclic) bond motifs is 2. The first-order chi connectivity index (χ1) is 16.5. The Morgan fingerprint density at radius 1 is 1.18 bits per heavy atom. The Morgan fingerprint density at radius 3 is 2.68 bits per heavy atom. The van der Waals surface area contributed by atoms with Crippen molar-refractivity contribution in [2.75, 3.05) is 6.61 Å². The Bertz CT molecular complexity index is 1410. The minimum Gasteiger partial charge on any atom is -0.485 e. The number of nitrogens with one attached hydrogen (secondary N) is 3. The van der Waals surface area contributed by atoms with Crippen LogP contribution in [0.3, 0.4) is 0 Å². The second-order valence-corrected chi connectivity index (χ2v) is 8.29. The van der Waals surface area contributed by atoms with Crippen molar-refractivity contribution in [3.63, 3.8) is 0 Å². The highest BCUT2D eigenvalue weighted by molar-refractivity contribution is 6.05. The van der Waals surface area contributed by atoms with Crippen molar-refractivity contribution in [2.24, 2.45) is 0 Å². The molecule has 1 atom stereocenters. The second-order valence-electron chi connectivity index (χ2n) is 8.29. The van der Waals surface area contributed by atoms with Gasteiger partial charge in [-0.2, -0.15) is 0 Å². The van der Waals surface area contributed by atoms with E-state index in [0.29, 0.717) is 30.2 Å². The van der Waals surface area contributed by atoms with Crippen LogP contribution in [-0.2, 0) is 11.3 Å². The predicted octanol–water partition coefficient (Wildman–Crippen LogP) is 0.973. The molecular formula is C23H23N5O6. The summed E-state index contributed by atoms with van der Waals surface area (Å²) in [6, 6.07) is 8.50. The number of aromatic nitrogens is 3. The fourth-order valence-corrected chi connectivity index (χ4v) is 3.91. The van der Waals surface area contributed by atoms with Gasteiger partial charge in [-0.25, -0.2) is 9.78 Å². The summed E-state index contributed by atoms with van der Waals surface area (Å²) in [4.78, 5) is 57.5. The lowest BCUT2D eigenvalue weighted by Crippen LogP contribution is -2.51. The molecule has 1 fully saturated rings. The molecule has 0 spiro atoms. The number of amides is 2. The molecule has 1 aliphatic carbocycles. The number of hydrogen-bond donors (Lipinski definition) is 3. The van der Waals surface area contributed by atoms with Crippen molar-refractivity contribution in [2.45, 2.75) is 44.8 Å². The molecule has 1 saturated carbocycles. The van der Waals surface area contributed by atoms with E-state index in [9.17, 15) is 19.2 Å². The maximum Gasteiger partial charge on any atom is 0.329 e. The zero-order valence-electron chi connectivity index (χ0n) is 18.4. The number of hydrazine groups is 1. The molecule has 1 aromatic carbocycles. The number of carbonyl (C=O) groups is 2. The number of aryl methyl sites for hydroxylation is 1. The van der Waals surface area contributed by atoms with E-state index in [4.69, 9.17) is 9.47 Å². The topological polar surface area (TPSA) is 144 Å². The van der Waals surface area contributed by atoms with Crippen LogP contribution in [0, 0.1) is 0 Å². The third kappa shape index (κ3) is 4.00. The van der Waals surface area contributed by atoms with Crippen LogP contribution >= 0.6 is 0 Å². The van der Waals surface area contributed by atoms with Crippen LogP contribution in [0.5, 0.6) is 11.5 Å². The summed E-state index contributed by atoms with van der Waals surface area (Å²) >= 11 is 0. The molecule has 3 N–H and O–H groups in total. The van der Waals surface area contributed by atoms with E-state index in [1.807, 2.05) is 6.92 Å². The minimum absolute atomic E-state index is 0.00428. The molecule has 0 radical (unpaired) electrons. The van der Waals surface area contributed by atoms with Crippen LogP contribution in [0.15, 0.2) is 39.9 Å². The standard InChI is InChI=1S/C23H23N5O6/c1-2-9-28-19-18(22(31)25-23(28)32)13(10-14(24-19)12-7-8-12)20(29)26-27-21(30)17-11-33-15-5-3-4-6-16(15)34-17/h3-6,10,12,17H,2,7-9,11H2,1H3,(H,26,29)(H,27,30)(H,25,31,32). The lowest BCUT2D eigenvalue weighted by molar-refractivity contribution is -0.131. The van der Waals surface area contributed by atoms with E-state index < -0.39 is 29.2 Å². The van der Waals surface area contributed by atoms with Gasteiger partial charge >= 0.3 is 5.69 Å². The Labute approximate surface area is 193 Å². The zero-order chi connectivity index (χ0) is 23.8. The van der Waals surface area contributed by atoms with Crippen molar-refractivity contribution in [3.05, 3.63) is 62.4 Å². The number of para-hydroxylation sites is 2. The quantitative estimate of drug-likeness (QED) is 0.476. The van der Waals surface area contributed by atoms with Crippen LogP contribution in [0.1, 0.15) is 48.2 Å². The van der Waals surface area contributed by atoms with Gasteiger partial charge in [0.15, 0.2) is 17.1 Å². The van der Waals surface area contributed by atoms with Crippen LogP contribution in [0.4, 0.5) is 0 Å². The van der Waals surface area contributed by atoms with Gasteiger partial charge in [-0.15, -0.1) is 0 Å². The van der Waals surface area contributed by atoms with Gasteiger partial charge in [0.25, 0.3) is 17.4 Å². The summed E-state index contributed by atoms with van der Waals surface area (Å²) in [5.41, 5.74) is 4.24. The van der Waals surface area contributed by atoms with Gasteiger partial charge < -0.3 is 9.47 Å². The van der Waals surface area contributed by atoms with Gasteiger partial charge in [-0.3, -0.25) is 34.8 Å². The third-order valence-electron chi connectivity index (χ3n) is 5.76. The second kappa shape index (κ2) is 8.65. The maximum atomic E-state index is 13.1. The van der Waals surface area contributed by atoms with E-state index in [1.165, 1.54) is 4.57 Å². The first-order valence-corrected chi connectivity index (χ1v) is 11.1. The smallest absolute Gasteiger partial charge is 0.329 e. The molecular weight excluding hydrogens is 442 g/mol. The van der Waals surface area contributed by atoms with E-state index in [0.717, 1.165) is 12.8 Å². The van der Waals surface area contributed by atoms with E-state index in [1.54, 1.807) is 30.3 Å². The van der Waals surface area contributed by atoms with Gasteiger partial charge in [0.2, 0.25) is 6.10 Å². The lowest BCUT2D eigenvalue weighted by Gasteiger charge is -2.25. The maximum absolute atomic E-state index is 13.1. The minimum atomic E-state index is -0.968. The predicted molar refractivity (Wildman–Crippen MR) is 121 cm³/mol. The Balaban J connectivity index is 1.42. The van der Waals surface area contributed by atoms with Gasteiger partial charge in [-0.05, 0) is 37.5 Å². The summed E-state index contributed by atoms with van der Waals surface area (Å²) in [6.07, 6.45) is 1.50. The van der Waals surface area contributed by atoms with Crippen molar-refractivity contribution in [1.29, 1.82) is 0 Å². The molecule has 2 aromatic heterocycles. The summed E-state index contributed by atoms with van der Waals surface area (Å²) in [6.45, 7) is 2.21. The van der Waals surface area contributed by atoms with Crippen LogP contribution in [-0.4, -0.2) is 39.1 Å². The first-order valence-electron chi connectivity index (χ1n) is 11.1.